The molecule has 4 aromatic heterocycles. The van der Waals surface area contributed by atoms with E-state index in [9.17, 15) is 9.90 Å². The minimum Gasteiger partial charge on any atom is -0.394 e. The molecule has 10 nitrogen and oxygen atoms in total. The summed E-state index contributed by atoms with van der Waals surface area (Å²) < 4.78 is 1.75. The van der Waals surface area contributed by atoms with Crippen molar-refractivity contribution < 1.29 is 9.90 Å². The molecule has 1 aliphatic rings. The Morgan fingerprint density at radius 3 is 2.91 bits per heavy atom. The maximum Gasteiger partial charge on any atom is 0.275 e. The SMILES string of the molecule is CC(CO)n1cnnc1-c1cccc(NC(=O)c2cc3c(cn2)CCN(Cc2ccccn2)C3)n1. The largest absolute Gasteiger partial charge is 0.394 e. The van der Waals surface area contributed by atoms with Crippen LogP contribution in [0.15, 0.2) is 61.2 Å². The quantitative estimate of drug-likeness (QED) is 0.423. The highest BCUT2D eigenvalue weighted by Crippen LogP contribution is 2.22. The molecule has 10 heteroatoms. The van der Waals surface area contributed by atoms with Gasteiger partial charge in [-0.25, -0.2) is 4.98 Å². The molecule has 0 radical (unpaired) electrons. The van der Waals surface area contributed by atoms with E-state index in [4.69, 9.17) is 0 Å². The van der Waals surface area contributed by atoms with Gasteiger partial charge in [-0.2, -0.15) is 0 Å². The van der Waals surface area contributed by atoms with Crippen LogP contribution in [0.4, 0.5) is 5.82 Å². The van der Waals surface area contributed by atoms with Crippen molar-refractivity contribution in [1.29, 1.82) is 0 Å². The molecule has 5 heterocycles. The molecule has 0 bridgehead atoms. The molecule has 1 atom stereocenters. The predicted octanol–water partition coefficient (Wildman–Crippen LogP) is 2.49. The first-order chi connectivity index (χ1) is 17.1. The Balaban J connectivity index is 1.30. The van der Waals surface area contributed by atoms with Crippen LogP contribution in [0, 0.1) is 0 Å². The van der Waals surface area contributed by atoms with Crippen molar-refractivity contribution >= 4 is 11.7 Å². The lowest BCUT2D eigenvalue weighted by Gasteiger charge is -2.28. The van der Waals surface area contributed by atoms with Gasteiger partial charge in [0.1, 0.15) is 23.5 Å². The van der Waals surface area contributed by atoms with Gasteiger partial charge in [-0.1, -0.05) is 12.1 Å². The number of rotatable bonds is 7. The highest BCUT2D eigenvalue weighted by atomic mass is 16.3. The van der Waals surface area contributed by atoms with Gasteiger partial charge in [-0.15, -0.1) is 10.2 Å². The minimum absolute atomic E-state index is 0.0508. The van der Waals surface area contributed by atoms with E-state index in [2.05, 4.69) is 35.4 Å². The summed E-state index contributed by atoms with van der Waals surface area (Å²) in [5.74, 6) is 0.571. The molecule has 5 rings (SSSR count). The fourth-order valence-electron chi connectivity index (χ4n) is 4.12. The molecule has 2 N–H and O–H groups in total. The van der Waals surface area contributed by atoms with E-state index >= 15 is 0 Å². The van der Waals surface area contributed by atoms with Crippen molar-refractivity contribution in [2.45, 2.75) is 32.5 Å². The van der Waals surface area contributed by atoms with E-state index in [1.165, 1.54) is 0 Å². The van der Waals surface area contributed by atoms with Crippen LogP contribution >= 0.6 is 0 Å². The lowest BCUT2D eigenvalue weighted by molar-refractivity contribution is 0.102. The smallest absolute Gasteiger partial charge is 0.275 e. The van der Waals surface area contributed by atoms with Crippen LogP contribution in [-0.2, 0) is 19.5 Å². The number of nitrogens with one attached hydrogen (secondary N) is 1. The molecule has 35 heavy (non-hydrogen) atoms. The molecule has 1 amide bonds. The van der Waals surface area contributed by atoms with Crippen molar-refractivity contribution in [2.75, 3.05) is 18.5 Å². The molecule has 1 unspecified atom stereocenters. The Hall–Kier alpha value is -4.02. The van der Waals surface area contributed by atoms with E-state index in [1.54, 1.807) is 41.5 Å². The number of pyridine rings is 3. The zero-order chi connectivity index (χ0) is 24.2. The maximum absolute atomic E-state index is 13.0. The van der Waals surface area contributed by atoms with Crippen molar-refractivity contribution in [3.8, 4) is 11.5 Å². The van der Waals surface area contributed by atoms with Gasteiger partial charge in [0.25, 0.3) is 5.91 Å². The Morgan fingerprint density at radius 1 is 1.17 bits per heavy atom. The zero-order valence-electron chi connectivity index (χ0n) is 19.4. The zero-order valence-corrected chi connectivity index (χ0v) is 19.4. The number of aromatic nitrogens is 6. The molecular formula is C25H26N8O2. The van der Waals surface area contributed by atoms with Crippen molar-refractivity contribution in [2.24, 2.45) is 0 Å². The average Bonchev–Trinajstić information content (AvgIpc) is 3.39. The normalized spacial score (nSPS) is 14.3. The van der Waals surface area contributed by atoms with Crippen LogP contribution in [0.3, 0.4) is 0 Å². The molecule has 0 aliphatic carbocycles. The second-order valence-corrected chi connectivity index (χ2v) is 8.58. The minimum atomic E-state index is -0.329. The summed E-state index contributed by atoms with van der Waals surface area (Å²) in [5, 5.41) is 20.4. The van der Waals surface area contributed by atoms with Gasteiger partial charge in [0, 0.05) is 32.0 Å². The molecule has 0 spiro atoms. The Morgan fingerprint density at radius 2 is 2.09 bits per heavy atom. The van der Waals surface area contributed by atoms with Crippen LogP contribution in [0.2, 0.25) is 0 Å². The summed E-state index contributed by atoms with van der Waals surface area (Å²) in [7, 11) is 0. The first-order valence-electron chi connectivity index (χ1n) is 11.5. The second kappa shape index (κ2) is 10.1. The van der Waals surface area contributed by atoms with Crippen molar-refractivity contribution in [1.82, 2.24) is 34.6 Å². The third-order valence-electron chi connectivity index (χ3n) is 6.05. The van der Waals surface area contributed by atoms with Gasteiger partial charge in [0.05, 0.1) is 18.3 Å². The predicted molar refractivity (Wildman–Crippen MR) is 129 cm³/mol. The number of aliphatic hydroxyl groups excluding tert-OH is 1. The van der Waals surface area contributed by atoms with Crippen LogP contribution in [-0.4, -0.2) is 58.8 Å². The molecule has 0 saturated carbocycles. The molecular weight excluding hydrogens is 444 g/mol. The standard InChI is InChI=1S/C25H26N8O2/c1-17(15-34)33-16-28-31-24(33)21-6-4-7-23(29-21)30-25(35)22-11-19-13-32(10-8-18(19)12-27-22)14-20-5-2-3-9-26-20/h2-7,9,11-12,16-17,34H,8,10,13-15H2,1H3,(H,29,30,35). The fourth-order valence-corrected chi connectivity index (χ4v) is 4.12. The molecule has 1 aliphatic heterocycles. The van der Waals surface area contributed by atoms with Crippen LogP contribution < -0.4 is 5.32 Å². The number of carbonyl (C=O) groups is 1. The number of aliphatic hydroxyl groups is 1. The summed E-state index contributed by atoms with van der Waals surface area (Å²) in [6.07, 6.45) is 6.04. The molecule has 0 saturated heterocycles. The molecule has 4 aromatic rings. The van der Waals surface area contributed by atoms with E-state index in [0.717, 1.165) is 42.9 Å². The topological polar surface area (TPSA) is 122 Å². The van der Waals surface area contributed by atoms with Gasteiger partial charge < -0.3 is 15.0 Å². The number of nitrogens with zero attached hydrogens (tertiary/aromatic N) is 7. The number of anilines is 1. The Bertz CT molecular complexity index is 1320. The number of fused-ring (bicyclic) bond motifs is 1. The summed E-state index contributed by atoms with van der Waals surface area (Å²) in [5.41, 5.74) is 4.17. The van der Waals surface area contributed by atoms with Gasteiger partial charge in [-0.05, 0) is 54.8 Å². The van der Waals surface area contributed by atoms with E-state index in [-0.39, 0.29) is 18.6 Å². The summed E-state index contributed by atoms with van der Waals surface area (Å²) in [6.45, 7) is 4.23. The number of hydrogen-bond acceptors (Lipinski definition) is 8. The average molecular weight is 471 g/mol. The first kappa shape index (κ1) is 22.8. The Labute approximate surface area is 202 Å². The number of amides is 1. The monoisotopic (exact) mass is 470 g/mol. The van der Waals surface area contributed by atoms with E-state index in [1.807, 2.05) is 31.2 Å². The van der Waals surface area contributed by atoms with Crippen LogP contribution in [0.25, 0.3) is 11.5 Å². The van der Waals surface area contributed by atoms with Gasteiger partial charge in [0.2, 0.25) is 0 Å². The third-order valence-corrected chi connectivity index (χ3v) is 6.05. The summed E-state index contributed by atoms with van der Waals surface area (Å²) >= 11 is 0. The van der Waals surface area contributed by atoms with Crippen LogP contribution in [0.1, 0.15) is 40.3 Å². The van der Waals surface area contributed by atoms with E-state index < -0.39 is 0 Å². The molecule has 178 valence electrons. The van der Waals surface area contributed by atoms with Crippen molar-refractivity contribution in [3.63, 3.8) is 0 Å². The molecule has 0 aromatic carbocycles. The van der Waals surface area contributed by atoms with Gasteiger partial charge in [-0.3, -0.25) is 19.7 Å². The number of carbonyl (C=O) groups excluding carboxylic acids is 1. The maximum atomic E-state index is 13.0. The highest BCUT2D eigenvalue weighted by molar-refractivity contribution is 6.02. The van der Waals surface area contributed by atoms with E-state index in [0.29, 0.717) is 23.0 Å². The van der Waals surface area contributed by atoms with Crippen LogP contribution in [0.5, 0.6) is 0 Å². The molecule has 0 fully saturated rings. The van der Waals surface area contributed by atoms with Gasteiger partial charge >= 0.3 is 0 Å². The highest BCUT2D eigenvalue weighted by Gasteiger charge is 2.20. The fraction of sp³-hybridized carbons (Fsp3) is 0.280. The van der Waals surface area contributed by atoms with Crippen molar-refractivity contribution in [3.05, 3.63) is 83.7 Å². The number of hydrogen-bond donors (Lipinski definition) is 2. The lowest BCUT2D eigenvalue weighted by atomic mass is 10.0. The first-order valence-corrected chi connectivity index (χ1v) is 11.5. The van der Waals surface area contributed by atoms with Gasteiger partial charge in [0.15, 0.2) is 5.82 Å². The summed E-state index contributed by atoms with van der Waals surface area (Å²) in [4.78, 5) is 28.6. The lowest BCUT2D eigenvalue weighted by Crippen LogP contribution is -2.31. The third kappa shape index (κ3) is 5.08. The second-order valence-electron chi connectivity index (χ2n) is 8.58. The summed E-state index contributed by atoms with van der Waals surface area (Å²) in [6, 6.07) is 12.9. The Kier molecular flexibility index (Phi) is 6.55.